The van der Waals surface area contributed by atoms with Crippen LogP contribution in [0.5, 0.6) is 0 Å². The van der Waals surface area contributed by atoms with Crippen molar-refractivity contribution in [3.8, 4) is 6.07 Å². The number of benzene rings is 1. The molecule has 1 aliphatic rings. The van der Waals surface area contributed by atoms with Crippen LogP contribution in [0, 0.1) is 11.3 Å². The zero-order valence-electron chi connectivity index (χ0n) is 16.1. The van der Waals surface area contributed by atoms with Crippen LogP contribution in [0.4, 0.5) is 0 Å². The van der Waals surface area contributed by atoms with Crippen LogP contribution >= 0.6 is 0 Å². The summed E-state index contributed by atoms with van der Waals surface area (Å²) in [6.07, 6.45) is 5.11. The number of nitriles is 1. The maximum Gasteiger partial charge on any atom is 0.269 e. The molecule has 30 heavy (non-hydrogen) atoms. The SMILES string of the molecule is N#CCc1nc2cnc3c(ccn3S(=O)(=O)c3ccccc3)c2n1[C@H]1CCCOC1. The molecule has 152 valence electrons. The smallest absolute Gasteiger partial charge is 0.269 e. The molecule has 3 aromatic heterocycles. The summed E-state index contributed by atoms with van der Waals surface area (Å²) < 4.78 is 35.3. The minimum atomic E-state index is -3.78. The van der Waals surface area contributed by atoms with E-state index in [0.29, 0.717) is 29.0 Å². The molecule has 4 aromatic rings. The summed E-state index contributed by atoms with van der Waals surface area (Å²) in [5, 5.41) is 9.97. The zero-order chi connectivity index (χ0) is 20.7. The highest BCUT2D eigenvalue weighted by Crippen LogP contribution is 2.32. The van der Waals surface area contributed by atoms with Gasteiger partial charge in [0.1, 0.15) is 11.3 Å². The van der Waals surface area contributed by atoms with Crippen LogP contribution in [-0.4, -0.2) is 40.1 Å². The molecule has 1 aliphatic heterocycles. The molecular weight excluding hydrogens is 402 g/mol. The van der Waals surface area contributed by atoms with Gasteiger partial charge in [0.2, 0.25) is 0 Å². The van der Waals surface area contributed by atoms with Crippen LogP contribution in [-0.2, 0) is 21.2 Å². The lowest BCUT2D eigenvalue weighted by Gasteiger charge is -2.25. The van der Waals surface area contributed by atoms with E-state index in [1.54, 1.807) is 42.6 Å². The Hall–Kier alpha value is -3.22. The van der Waals surface area contributed by atoms with Crippen LogP contribution in [0.3, 0.4) is 0 Å². The molecule has 8 nitrogen and oxygen atoms in total. The van der Waals surface area contributed by atoms with Crippen LogP contribution < -0.4 is 0 Å². The molecule has 0 unspecified atom stereocenters. The van der Waals surface area contributed by atoms with Gasteiger partial charge >= 0.3 is 0 Å². The fourth-order valence-corrected chi connectivity index (χ4v) is 5.43. The van der Waals surface area contributed by atoms with Crippen molar-refractivity contribution in [2.75, 3.05) is 13.2 Å². The molecular formula is C21H19N5O3S. The Morgan fingerprint density at radius 2 is 2.07 bits per heavy atom. The van der Waals surface area contributed by atoms with Gasteiger partial charge in [-0.15, -0.1) is 0 Å². The Morgan fingerprint density at radius 1 is 1.23 bits per heavy atom. The normalized spacial score (nSPS) is 17.4. The quantitative estimate of drug-likeness (QED) is 0.502. The standard InChI is InChI=1S/C21H19N5O3S/c22-10-8-19-24-18-13-23-21-17(20(18)26(19)15-5-4-12-29-14-15)9-11-25(21)30(27,28)16-6-2-1-3-7-16/h1-3,6-7,9,11,13,15H,4-5,8,12,14H2/t15-/m0/s1. The summed E-state index contributed by atoms with van der Waals surface area (Å²) in [6.45, 7) is 1.26. The van der Waals surface area contributed by atoms with Gasteiger partial charge in [0, 0.05) is 18.2 Å². The summed E-state index contributed by atoms with van der Waals surface area (Å²) in [6, 6.07) is 12.3. The number of ether oxygens (including phenoxy) is 1. The summed E-state index contributed by atoms with van der Waals surface area (Å²) in [7, 11) is -3.78. The summed E-state index contributed by atoms with van der Waals surface area (Å²) in [4.78, 5) is 9.23. The Balaban J connectivity index is 1.76. The third-order valence-corrected chi connectivity index (χ3v) is 7.12. The van der Waals surface area contributed by atoms with Crippen LogP contribution in [0.25, 0.3) is 22.1 Å². The van der Waals surface area contributed by atoms with E-state index in [-0.39, 0.29) is 17.4 Å². The molecule has 4 heterocycles. The minimum Gasteiger partial charge on any atom is -0.379 e. The van der Waals surface area contributed by atoms with Gasteiger partial charge in [0.15, 0.2) is 5.65 Å². The largest absolute Gasteiger partial charge is 0.379 e. The predicted molar refractivity (Wildman–Crippen MR) is 110 cm³/mol. The Bertz CT molecular complexity index is 1380. The van der Waals surface area contributed by atoms with E-state index in [0.717, 1.165) is 25.0 Å². The molecule has 0 radical (unpaired) electrons. The molecule has 5 rings (SSSR count). The van der Waals surface area contributed by atoms with Gasteiger partial charge in [-0.25, -0.2) is 22.4 Å². The molecule has 0 spiro atoms. The molecule has 1 atom stereocenters. The lowest BCUT2D eigenvalue weighted by Crippen LogP contribution is -2.22. The van der Waals surface area contributed by atoms with Crippen molar-refractivity contribution >= 4 is 32.1 Å². The highest BCUT2D eigenvalue weighted by atomic mass is 32.2. The first-order chi connectivity index (χ1) is 14.6. The van der Waals surface area contributed by atoms with Crippen molar-refractivity contribution in [1.82, 2.24) is 18.5 Å². The first kappa shape index (κ1) is 18.8. The van der Waals surface area contributed by atoms with E-state index in [1.807, 2.05) is 4.57 Å². The van der Waals surface area contributed by atoms with Crippen molar-refractivity contribution < 1.29 is 13.2 Å². The van der Waals surface area contributed by atoms with Crippen LogP contribution in [0.1, 0.15) is 24.7 Å². The summed E-state index contributed by atoms with van der Waals surface area (Å²) >= 11 is 0. The Labute approximate surface area is 173 Å². The average Bonchev–Trinajstić information content (AvgIpc) is 3.36. The first-order valence-electron chi connectivity index (χ1n) is 9.73. The molecule has 0 saturated carbocycles. The van der Waals surface area contributed by atoms with Crippen molar-refractivity contribution in [1.29, 1.82) is 5.26 Å². The second kappa shape index (κ2) is 7.23. The average molecular weight is 421 g/mol. The Kier molecular flexibility index (Phi) is 4.53. The van der Waals surface area contributed by atoms with Gasteiger partial charge in [0.25, 0.3) is 10.0 Å². The Morgan fingerprint density at radius 3 is 2.80 bits per heavy atom. The molecule has 0 aliphatic carbocycles. The van der Waals surface area contributed by atoms with E-state index >= 15 is 0 Å². The zero-order valence-corrected chi connectivity index (χ0v) is 16.9. The molecule has 0 amide bonds. The highest BCUT2D eigenvalue weighted by molar-refractivity contribution is 7.90. The predicted octanol–water partition coefficient (Wildman–Crippen LogP) is 3.04. The fourth-order valence-electron chi connectivity index (χ4n) is 4.11. The molecule has 0 bridgehead atoms. The van der Waals surface area contributed by atoms with E-state index in [4.69, 9.17) is 4.74 Å². The molecule has 1 saturated heterocycles. The number of hydrogen-bond donors (Lipinski definition) is 0. The van der Waals surface area contributed by atoms with Gasteiger partial charge in [-0.2, -0.15) is 5.26 Å². The topological polar surface area (TPSA) is 103 Å². The summed E-state index contributed by atoms with van der Waals surface area (Å²) in [5.74, 6) is 0.649. The number of nitrogens with zero attached hydrogens (tertiary/aromatic N) is 5. The van der Waals surface area contributed by atoms with Gasteiger partial charge in [0.05, 0.1) is 41.7 Å². The van der Waals surface area contributed by atoms with Gasteiger partial charge in [-0.1, -0.05) is 18.2 Å². The van der Waals surface area contributed by atoms with E-state index in [2.05, 4.69) is 16.0 Å². The minimum absolute atomic E-state index is 0.0479. The number of hydrogen-bond acceptors (Lipinski definition) is 6. The van der Waals surface area contributed by atoms with E-state index in [9.17, 15) is 13.7 Å². The van der Waals surface area contributed by atoms with Gasteiger partial charge in [-0.05, 0) is 31.0 Å². The molecule has 1 aromatic carbocycles. The first-order valence-corrected chi connectivity index (χ1v) is 11.2. The lowest BCUT2D eigenvalue weighted by atomic mass is 10.1. The number of pyridine rings is 1. The monoisotopic (exact) mass is 421 g/mol. The number of imidazole rings is 1. The molecule has 9 heteroatoms. The number of fused-ring (bicyclic) bond motifs is 3. The van der Waals surface area contributed by atoms with Crippen molar-refractivity contribution in [3.63, 3.8) is 0 Å². The van der Waals surface area contributed by atoms with E-state index in [1.165, 1.54) is 10.2 Å². The molecule has 1 fully saturated rings. The second-order valence-electron chi connectivity index (χ2n) is 7.26. The van der Waals surface area contributed by atoms with Crippen LogP contribution in [0.15, 0.2) is 53.7 Å². The van der Waals surface area contributed by atoms with Crippen molar-refractivity contribution in [2.24, 2.45) is 0 Å². The third-order valence-electron chi connectivity index (χ3n) is 5.44. The number of aromatic nitrogens is 4. The lowest BCUT2D eigenvalue weighted by molar-refractivity contribution is 0.0597. The van der Waals surface area contributed by atoms with Gasteiger partial charge in [-0.3, -0.25) is 0 Å². The second-order valence-corrected chi connectivity index (χ2v) is 9.08. The number of rotatable bonds is 4. The van der Waals surface area contributed by atoms with E-state index < -0.39 is 10.0 Å². The highest BCUT2D eigenvalue weighted by Gasteiger charge is 2.26. The maximum atomic E-state index is 13.2. The third kappa shape index (κ3) is 2.88. The van der Waals surface area contributed by atoms with Crippen molar-refractivity contribution in [2.45, 2.75) is 30.2 Å². The van der Waals surface area contributed by atoms with Crippen molar-refractivity contribution in [3.05, 3.63) is 54.6 Å². The fraction of sp³-hybridized carbons (Fsp3) is 0.286. The molecule has 0 N–H and O–H groups in total. The summed E-state index contributed by atoms with van der Waals surface area (Å²) in [5.41, 5.74) is 1.78. The van der Waals surface area contributed by atoms with Crippen LogP contribution in [0.2, 0.25) is 0 Å². The maximum absolute atomic E-state index is 13.2. The van der Waals surface area contributed by atoms with Gasteiger partial charge < -0.3 is 9.30 Å².